The lowest BCUT2D eigenvalue weighted by Crippen LogP contribution is -2.34. The SMILES string of the molecule is COc1ccc(C(=O)[C@@H](C)OC(=O)CNC(=O)c2cc(Cl)ccn2)cc1. The molecule has 0 spiro atoms. The zero-order chi connectivity index (χ0) is 19.1. The number of rotatable bonds is 7. The summed E-state index contributed by atoms with van der Waals surface area (Å²) in [7, 11) is 1.52. The van der Waals surface area contributed by atoms with E-state index in [4.69, 9.17) is 21.1 Å². The fourth-order valence-corrected chi connectivity index (χ4v) is 2.21. The highest BCUT2D eigenvalue weighted by atomic mass is 35.5. The number of ether oxygens (including phenoxy) is 2. The third kappa shape index (κ3) is 5.29. The number of nitrogens with one attached hydrogen (secondary N) is 1. The number of halogens is 1. The minimum absolute atomic E-state index is 0.0765. The second-order valence-corrected chi connectivity index (χ2v) is 5.70. The van der Waals surface area contributed by atoms with E-state index in [0.29, 0.717) is 16.3 Å². The largest absolute Gasteiger partial charge is 0.497 e. The van der Waals surface area contributed by atoms with Gasteiger partial charge in [0.2, 0.25) is 5.78 Å². The predicted octanol–water partition coefficient (Wildman–Crippen LogP) is 2.29. The van der Waals surface area contributed by atoms with Gasteiger partial charge in [-0.2, -0.15) is 0 Å². The first kappa shape index (κ1) is 19.4. The number of aromatic nitrogens is 1. The normalized spacial score (nSPS) is 11.3. The number of nitrogens with zero attached hydrogens (tertiary/aromatic N) is 1. The summed E-state index contributed by atoms with van der Waals surface area (Å²) >= 11 is 5.78. The minimum Gasteiger partial charge on any atom is -0.497 e. The predicted molar refractivity (Wildman–Crippen MR) is 94.5 cm³/mol. The molecular weight excluding hydrogens is 360 g/mol. The molecule has 0 saturated carbocycles. The lowest BCUT2D eigenvalue weighted by Gasteiger charge is -2.13. The summed E-state index contributed by atoms with van der Waals surface area (Å²) in [6.45, 7) is 1.07. The Balaban J connectivity index is 1.86. The fraction of sp³-hybridized carbons (Fsp3) is 0.222. The lowest BCUT2D eigenvalue weighted by molar-refractivity contribution is -0.145. The first-order chi connectivity index (χ1) is 12.4. The molecule has 0 fully saturated rings. The molecule has 1 heterocycles. The average Bonchev–Trinajstić information content (AvgIpc) is 2.65. The quantitative estimate of drug-likeness (QED) is 0.588. The summed E-state index contributed by atoms with van der Waals surface area (Å²) in [6, 6.07) is 9.34. The number of ketones is 1. The van der Waals surface area contributed by atoms with Crippen molar-refractivity contribution in [1.29, 1.82) is 0 Å². The van der Waals surface area contributed by atoms with Crippen LogP contribution < -0.4 is 10.1 Å². The van der Waals surface area contributed by atoms with Crippen LogP contribution in [-0.4, -0.2) is 42.4 Å². The molecule has 2 aromatic rings. The highest BCUT2D eigenvalue weighted by Gasteiger charge is 2.20. The molecule has 0 radical (unpaired) electrons. The highest BCUT2D eigenvalue weighted by molar-refractivity contribution is 6.30. The zero-order valence-corrected chi connectivity index (χ0v) is 14.9. The third-order valence-electron chi connectivity index (χ3n) is 3.40. The lowest BCUT2D eigenvalue weighted by atomic mass is 10.1. The van der Waals surface area contributed by atoms with Gasteiger partial charge in [0.05, 0.1) is 7.11 Å². The smallest absolute Gasteiger partial charge is 0.326 e. The fourth-order valence-electron chi connectivity index (χ4n) is 2.05. The molecule has 26 heavy (non-hydrogen) atoms. The number of methoxy groups -OCH3 is 1. The van der Waals surface area contributed by atoms with Gasteiger partial charge >= 0.3 is 5.97 Å². The number of Topliss-reactive ketones (excluding diaryl/α,β-unsaturated/α-hetero) is 1. The van der Waals surface area contributed by atoms with Crippen molar-refractivity contribution in [3.8, 4) is 5.75 Å². The van der Waals surface area contributed by atoms with Crippen molar-refractivity contribution >= 4 is 29.3 Å². The van der Waals surface area contributed by atoms with Crippen molar-refractivity contribution in [3.63, 3.8) is 0 Å². The van der Waals surface area contributed by atoms with E-state index in [1.807, 2.05) is 0 Å². The maximum absolute atomic E-state index is 12.2. The average molecular weight is 377 g/mol. The number of pyridine rings is 1. The number of benzene rings is 1. The van der Waals surface area contributed by atoms with Crippen LogP contribution in [0.2, 0.25) is 5.02 Å². The van der Waals surface area contributed by atoms with Gasteiger partial charge in [0.25, 0.3) is 5.91 Å². The summed E-state index contributed by atoms with van der Waals surface area (Å²) in [4.78, 5) is 39.8. The minimum atomic E-state index is -0.989. The monoisotopic (exact) mass is 376 g/mol. The van der Waals surface area contributed by atoms with E-state index in [1.165, 1.54) is 32.4 Å². The summed E-state index contributed by atoms with van der Waals surface area (Å²) < 4.78 is 10.1. The van der Waals surface area contributed by atoms with Crippen LogP contribution in [0.1, 0.15) is 27.8 Å². The van der Waals surface area contributed by atoms with Crippen LogP contribution in [0.25, 0.3) is 0 Å². The number of amides is 1. The van der Waals surface area contributed by atoms with Gasteiger partial charge in [-0.3, -0.25) is 19.4 Å². The van der Waals surface area contributed by atoms with Crippen LogP contribution in [0.3, 0.4) is 0 Å². The van der Waals surface area contributed by atoms with Crippen LogP contribution >= 0.6 is 11.6 Å². The van der Waals surface area contributed by atoms with E-state index >= 15 is 0 Å². The van der Waals surface area contributed by atoms with Gasteiger partial charge in [0, 0.05) is 16.8 Å². The highest BCUT2D eigenvalue weighted by Crippen LogP contribution is 2.14. The van der Waals surface area contributed by atoms with Gasteiger partial charge in [0.15, 0.2) is 6.10 Å². The van der Waals surface area contributed by atoms with Crippen molar-refractivity contribution in [2.45, 2.75) is 13.0 Å². The van der Waals surface area contributed by atoms with Crippen molar-refractivity contribution in [2.75, 3.05) is 13.7 Å². The van der Waals surface area contributed by atoms with E-state index in [-0.39, 0.29) is 11.5 Å². The molecule has 136 valence electrons. The summed E-state index contributed by atoms with van der Waals surface area (Å²) in [5.74, 6) is -1.05. The van der Waals surface area contributed by atoms with Crippen LogP contribution in [-0.2, 0) is 9.53 Å². The first-order valence-electron chi connectivity index (χ1n) is 7.68. The maximum Gasteiger partial charge on any atom is 0.326 e. The second kappa shape index (κ2) is 8.96. The van der Waals surface area contributed by atoms with E-state index in [1.54, 1.807) is 24.3 Å². The molecule has 1 N–H and O–H groups in total. The zero-order valence-electron chi connectivity index (χ0n) is 14.2. The summed E-state index contributed by atoms with van der Waals surface area (Å²) in [5.41, 5.74) is 0.464. The van der Waals surface area contributed by atoms with Crippen LogP contribution in [0.4, 0.5) is 0 Å². The van der Waals surface area contributed by atoms with Crippen molar-refractivity contribution in [3.05, 3.63) is 58.9 Å². The van der Waals surface area contributed by atoms with Crippen LogP contribution in [0, 0.1) is 0 Å². The molecule has 7 nitrogen and oxygen atoms in total. The Morgan fingerprint density at radius 3 is 2.50 bits per heavy atom. The Morgan fingerprint density at radius 1 is 1.19 bits per heavy atom. The molecule has 1 aromatic heterocycles. The Bertz CT molecular complexity index is 807. The van der Waals surface area contributed by atoms with Gasteiger partial charge in [-0.1, -0.05) is 11.6 Å². The molecule has 0 bridgehead atoms. The molecule has 0 saturated heterocycles. The molecule has 8 heteroatoms. The molecule has 0 unspecified atom stereocenters. The Labute approximate surface area is 155 Å². The maximum atomic E-state index is 12.2. The number of hydrogen-bond donors (Lipinski definition) is 1. The molecule has 0 aliphatic rings. The molecule has 0 aliphatic carbocycles. The molecule has 2 rings (SSSR count). The van der Waals surface area contributed by atoms with E-state index in [2.05, 4.69) is 10.3 Å². The summed E-state index contributed by atoms with van der Waals surface area (Å²) in [6.07, 6.45) is 0.391. The van der Waals surface area contributed by atoms with Gasteiger partial charge in [-0.15, -0.1) is 0 Å². The van der Waals surface area contributed by atoms with Crippen molar-refractivity contribution in [1.82, 2.24) is 10.3 Å². The summed E-state index contributed by atoms with van der Waals surface area (Å²) in [5, 5.41) is 2.72. The molecular formula is C18H17ClN2O5. The van der Waals surface area contributed by atoms with E-state index < -0.39 is 24.5 Å². The first-order valence-corrected chi connectivity index (χ1v) is 8.06. The van der Waals surface area contributed by atoms with Gasteiger partial charge in [0.1, 0.15) is 18.0 Å². The van der Waals surface area contributed by atoms with Crippen molar-refractivity contribution in [2.24, 2.45) is 0 Å². The Kier molecular flexibility index (Phi) is 6.68. The van der Waals surface area contributed by atoms with E-state index in [9.17, 15) is 14.4 Å². The van der Waals surface area contributed by atoms with E-state index in [0.717, 1.165) is 0 Å². The Morgan fingerprint density at radius 2 is 1.88 bits per heavy atom. The molecule has 1 aromatic carbocycles. The van der Waals surface area contributed by atoms with Gasteiger partial charge in [-0.25, -0.2) is 0 Å². The number of esters is 1. The topological polar surface area (TPSA) is 94.6 Å². The Hall–Kier alpha value is -2.93. The third-order valence-corrected chi connectivity index (χ3v) is 3.63. The number of hydrogen-bond acceptors (Lipinski definition) is 6. The van der Waals surface area contributed by atoms with Crippen LogP contribution in [0.15, 0.2) is 42.6 Å². The standard InChI is InChI=1S/C18H17ClN2O5/c1-11(17(23)12-3-5-14(25-2)6-4-12)26-16(22)10-21-18(24)15-9-13(19)7-8-20-15/h3-9,11H,10H2,1-2H3,(H,21,24)/t11-/m1/s1. The van der Waals surface area contributed by atoms with Crippen LogP contribution in [0.5, 0.6) is 5.75 Å². The number of carbonyl (C=O) groups excluding carboxylic acids is 3. The number of carbonyl (C=O) groups is 3. The molecule has 0 aliphatic heterocycles. The second-order valence-electron chi connectivity index (χ2n) is 5.27. The van der Waals surface area contributed by atoms with Gasteiger partial charge in [-0.05, 0) is 43.3 Å². The van der Waals surface area contributed by atoms with Gasteiger partial charge < -0.3 is 14.8 Å². The van der Waals surface area contributed by atoms with Crippen molar-refractivity contribution < 1.29 is 23.9 Å². The molecule has 1 amide bonds. The molecule has 1 atom stereocenters.